The Morgan fingerprint density at radius 3 is 2.81 bits per heavy atom. The second kappa shape index (κ2) is 7.37. The van der Waals surface area contributed by atoms with Gasteiger partial charge in [0.15, 0.2) is 5.76 Å². The molecule has 0 bridgehead atoms. The fraction of sp³-hybridized carbons (Fsp3) is 0.400. The van der Waals surface area contributed by atoms with E-state index < -0.39 is 0 Å². The Morgan fingerprint density at radius 2 is 2.07 bits per heavy atom. The number of benzene rings is 1. The van der Waals surface area contributed by atoms with Crippen LogP contribution in [0.2, 0.25) is 0 Å². The molecule has 0 spiro atoms. The van der Waals surface area contributed by atoms with E-state index in [-0.39, 0.29) is 29.6 Å². The van der Waals surface area contributed by atoms with Gasteiger partial charge in [-0.25, -0.2) is 0 Å². The summed E-state index contributed by atoms with van der Waals surface area (Å²) in [7, 11) is 0. The first-order valence-corrected chi connectivity index (χ1v) is 8.95. The molecule has 1 atom stereocenters. The van der Waals surface area contributed by atoms with E-state index in [1.807, 2.05) is 24.3 Å². The molecule has 1 aromatic carbocycles. The maximum absolute atomic E-state index is 12.9. The minimum Gasteiger partial charge on any atom is -0.459 e. The quantitative estimate of drug-likeness (QED) is 0.871. The van der Waals surface area contributed by atoms with Crippen LogP contribution in [0.25, 0.3) is 0 Å². The van der Waals surface area contributed by atoms with E-state index in [1.165, 1.54) is 6.26 Å². The van der Waals surface area contributed by atoms with Crippen molar-refractivity contribution in [2.75, 3.05) is 24.5 Å². The van der Waals surface area contributed by atoms with Crippen LogP contribution in [0.5, 0.6) is 0 Å². The Hall–Kier alpha value is -2.31. The van der Waals surface area contributed by atoms with Crippen molar-refractivity contribution in [1.29, 1.82) is 0 Å². The number of fused-ring (bicyclic) bond motifs is 1. The zero-order chi connectivity index (χ0) is 18.3. The number of carbonyl (C=O) groups excluding carboxylic acids is 2. The Kier molecular flexibility index (Phi) is 5.31. The molecular formula is C20H24ClN3O3. The summed E-state index contributed by atoms with van der Waals surface area (Å²) in [5, 5.41) is 0. The van der Waals surface area contributed by atoms with Crippen LogP contribution in [0.3, 0.4) is 0 Å². The van der Waals surface area contributed by atoms with Gasteiger partial charge in [-0.05, 0) is 36.1 Å². The summed E-state index contributed by atoms with van der Waals surface area (Å²) in [6.07, 6.45) is 2.81. The summed E-state index contributed by atoms with van der Waals surface area (Å²) in [6, 6.07) is 9.54. The van der Waals surface area contributed by atoms with Crippen molar-refractivity contribution in [2.24, 2.45) is 11.1 Å². The summed E-state index contributed by atoms with van der Waals surface area (Å²) < 4.78 is 5.51. The van der Waals surface area contributed by atoms with Gasteiger partial charge in [-0.15, -0.1) is 12.4 Å². The first kappa shape index (κ1) is 19.5. The fourth-order valence-electron chi connectivity index (χ4n) is 3.82. The first-order valence-electron chi connectivity index (χ1n) is 8.95. The summed E-state index contributed by atoms with van der Waals surface area (Å²) >= 11 is 0. The van der Waals surface area contributed by atoms with Crippen LogP contribution in [0, 0.1) is 5.41 Å². The molecule has 0 saturated carbocycles. The van der Waals surface area contributed by atoms with Gasteiger partial charge < -0.3 is 20.0 Å². The normalized spacial score (nSPS) is 21.3. The number of rotatable bonds is 4. The molecule has 0 aliphatic carbocycles. The summed E-state index contributed by atoms with van der Waals surface area (Å²) in [4.78, 5) is 28.9. The third-order valence-corrected chi connectivity index (χ3v) is 5.53. The Bertz CT molecular complexity index is 866. The summed E-state index contributed by atoms with van der Waals surface area (Å²) in [5.74, 6) is 0.244. The molecule has 2 N–H and O–H groups in total. The highest BCUT2D eigenvalue weighted by molar-refractivity contribution is 6.01. The number of furan rings is 1. The van der Waals surface area contributed by atoms with Gasteiger partial charge in [0.05, 0.1) is 19.2 Å². The van der Waals surface area contributed by atoms with Crippen LogP contribution in [0.4, 0.5) is 5.69 Å². The van der Waals surface area contributed by atoms with Crippen LogP contribution in [0.15, 0.2) is 41.0 Å². The number of anilines is 1. The van der Waals surface area contributed by atoms with E-state index in [2.05, 4.69) is 6.92 Å². The second-order valence-electron chi connectivity index (χ2n) is 7.55. The lowest BCUT2D eigenvalue weighted by atomic mass is 9.90. The molecule has 6 nitrogen and oxygen atoms in total. The van der Waals surface area contributed by atoms with Gasteiger partial charge in [-0.1, -0.05) is 25.1 Å². The van der Waals surface area contributed by atoms with Gasteiger partial charge >= 0.3 is 0 Å². The van der Waals surface area contributed by atoms with E-state index in [0.29, 0.717) is 38.4 Å². The highest BCUT2D eigenvalue weighted by Crippen LogP contribution is 2.32. The topological polar surface area (TPSA) is 79.8 Å². The maximum Gasteiger partial charge on any atom is 0.289 e. The summed E-state index contributed by atoms with van der Waals surface area (Å²) in [5.41, 5.74) is 8.48. The zero-order valence-corrected chi connectivity index (χ0v) is 16.1. The largest absolute Gasteiger partial charge is 0.459 e. The molecule has 7 heteroatoms. The molecule has 2 amide bonds. The van der Waals surface area contributed by atoms with Crippen molar-refractivity contribution in [2.45, 2.75) is 26.3 Å². The highest BCUT2D eigenvalue weighted by atomic mass is 35.5. The van der Waals surface area contributed by atoms with E-state index in [4.69, 9.17) is 10.2 Å². The SMILES string of the molecule is CC1(CN)CCN(C(=O)c2occc2CN2C(=O)Cc3ccccc32)C1.Cl. The van der Waals surface area contributed by atoms with Gasteiger partial charge in [-0.3, -0.25) is 9.59 Å². The molecule has 0 radical (unpaired) electrons. The lowest BCUT2D eigenvalue weighted by Gasteiger charge is -2.22. The second-order valence-corrected chi connectivity index (χ2v) is 7.55. The summed E-state index contributed by atoms with van der Waals surface area (Å²) in [6.45, 7) is 4.31. The molecule has 1 aromatic heterocycles. The molecular weight excluding hydrogens is 366 g/mol. The van der Waals surface area contributed by atoms with Crippen LogP contribution < -0.4 is 10.6 Å². The molecule has 1 fully saturated rings. The van der Waals surface area contributed by atoms with E-state index >= 15 is 0 Å². The third-order valence-electron chi connectivity index (χ3n) is 5.53. The van der Waals surface area contributed by atoms with Gasteiger partial charge in [0.1, 0.15) is 0 Å². The number of nitrogens with zero attached hydrogens (tertiary/aromatic N) is 2. The maximum atomic E-state index is 12.9. The predicted octanol–water partition coefficient (Wildman–Crippen LogP) is 2.60. The van der Waals surface area contributed by atoms with Crippen LogP contribution in [-0.4, -0.2) is 36.3 Å². The van der Waals surface area contributed by atoms with Crippen LogP contribution in [0.1, 0.15) is 35.0 Å². The Balaban J connectivity index is 0.00000210. The molecule has 1 saturated heterocycles. The number of nitrogens with two attached hydrogens (primary N) is 1. The van der Waals surface area contributed by atoms with Gasteiger partial charge in [0.25, 0.3) is 5.91 Å². The highest BCUT2D eigenvalue weighted by Gasteiger charge is 2.37. The minimum absolute atomic E-state index is 0. The molecule has 1 unspecified atom stereocenters. The fourth-order valence-corrected chi connectivity index (χ4v) is 3.82. The van der Waals surface area contributed by atoms with Crippen molar-refractivity contribution in [3.63, 3.8) is 0 Å². The lowest BCUT2D eigenvalue weighted by Crippen LogP contribution is -2.35. The van der Waals surface area contributed by atoms with Crippen molar-refractivity contribution < 1.29 is 14.0 Å². The molecule has 3 heterocycles. The molecule has 4 rings (SSSR count). The van der Waals surface area contributed by atoms with E-state index in [0.717, 1.165) is 23.2 Å². The number of carbonyl (C=O) groups is 2. The minimum atomic E-state index is -0.123. The molecule has 2 aromatic rings. The van der Waals surface area contributed by atoms with Gasteiger partial charge in [-0.2, -0.15) is 0 Å². The Morgan fingerprint density at radius 1 is 1.30 bits per heavy atom. The van der Waals surface area contributed by atoms with Crippen LogP contribution in [-0.2, 0) is 17.8 Å². The molecule has 2 aliphatic heterocycles. The average Bonchev–Trinajstić information content (AvgIpc) is 3.34. The third kappa shape index (κ3) is 3.47. The van der Waals surface area contributed by atoms with E-state index in [1.54, 1.807) is 15.9 Å². The van der Waals surface area contributed by atoms with E-state index in [9.17, 15) is 9.59 Å². The van der Waals surface area contributed by atoms with Crippen LogP contribution >= 0.6 is 12.4 Å². The Labute approximate surface area is 164 Å². The number of halogens is 1. The number of hydrogen-bond acceptors (Lipinski definition) is 4. The van der Waals surface area contributed by atoms with Crippen molar-refractivity contribution in [3.8, 4) is 0 Å². The smallest absolute Gasteiger partial charge is 0.289 e. The predicted molar refractivity (Wildman–Crippen MR) is 105 cm³/mol. The van der Waals surface area contributed by atoms with Crippen molar-refractivity contribution >= 4 is 29.9 Å². The van der Waals surface area contributed by atoms with Crippen molar-refractivity contribution in [1.82, 2.24) is 4.90 Å². The molecule has 2 aliphatic rings. The first-order chi connectivity index (χ1) is 12.5. The standard InChI is InChI=1S/C20H23N3O3.ClH/c1-20(12-21)7-8-22(13-20)19(25)18-15(6-9-26-18)11-23-16-5-3-2-4-14(16)10-17(23)24;/h2-6,9H,7-8,10-13,21H2,1H3;1H. The number of amides is 2. The number of likely N-dealkylation sites (tertiary alicyclic amines) is 1. The van der Waals surface area contributed by atoms with Gasteiger partial charge in [0.2, 0.25) is 5.91 Å². The number of para-hydroxylation sites is 1. The van der Waals surface area contributed by atoms with Gasteiger partial charge in [0, 0.05) is 24.3 Å². The molecule has 144 valence electrons. The number of hydrogen-bond donors (Lipinski definition) is 1. The molecule has 27 heavy (non-hydrogen) atoms. The average molecular weight is 390 g/mol. The zero-order valence-electron chi connectivity index (χ0n) is 15.3. The lowest BCUT2D eigenvalue weighted by molar-refractivity contribution is -0.117. The monoisotopic (exact) mass is 389 g/mol. The van der Waals surface area contributed by atoms with Crippen molar-refractivity contribution in [3.05, 3.63) is 53.5 Å².